The van der Waals surface area contributed by atoms with Gasteiger partial charge in [0.25, 0.3) is 0 Å². The van der Waals surface area contributed by atoms with Crippen LogP contribution in [0.25, 0.3) is 0 Å². The van der Waals surface area contributed by atoms with E-state index >= 15 is 0 Å². The molecule has 0 saturated heterocycles. The smallest absolute Gasteiger partial charge is 0.195 e. The summed E-state index contributed by atoms with van der Waals surface area (Å²) in [5.74, 6) is -0.190. The van der Waals surface area contributed by atoms with E-state index in [2.05, 4.69) is 10.6 Å². The quantitative estimate of drug-likeness (QED) is 0.384. The zero-order valence-corrected chi connectivity index (χ0v) is 8.97. The Labute approximate surface area is 92.1 Å². The fourth-order valence-corrected chi connectivity index (χ4v) is 1.41. The number of hydrogen-bond donors (Lipinski definition) is 5. The maximum absolute atomic E-state index is 7.28. The van der Waals surface area contributed by atoms with E-state index in [9.17, 15) is 0 Å². The summed E-state index contributed by atoms with van der Waals surface area (Å²) < 4.78 is 0. The Balaban J connectivity index is 0.00000169. The maximum atomic E-state index is 7.28. The molecule has 0 aliphatic rings. The van der Waals surface area contributed by atoms with E-state index in [1.165, 1.54) is 0 Å². The fourth-order valence-electron chi connectivity index (χ4n) is 0.768. The van der Waals surface area contributed by atoms with Crippen LogP contribution in [0.1, 0.15) is 4.88 Å². The number of rotatable bonds is 2. The van der Waals surface area contributed by atoms with Gasteiger partial charge in [-0.2, -0.15) is 0 Å². The van der Waals surface area contributed by atoms with Crippen LogP contribution < -0.4 is 16.4 Å². The van der Waals surface area contributed by atoms with Crippen molar-refractivity contribution in [1.82, 2.24) is 10.6 Å². The summed E-state index contributed by atoms with van der Waals surface area (Å²) in [6, 6.07) is 3.92. The Morgan fingerprint density at radius 2 is 2.21 bits per heavy atom. The first-order valence-corrected chi connectivity index (χ1v) is 4.52. The highest BCUT2D eigenvalue weighted by molar-refractivity contribution is 7.09. The highest BCUT2D eigenvalue weighted by Crippen LogP contribution is 2.06. The Bertz CT molecular complexity index is 297. The third-order valence-electron chi connectivity index (χ3n) is 1.28. The van der Waals surface area contributed by atoms with Gasteiger partial charge >= 0.3 is 0 Å². The Kier molecular flexibility index (Phi) is 5.66. The van der Waals surface area contributed by atoms with Gasteiger partial charge in [-0.05, 0) is 11.4 Å². The molecule has 0 aliphatic carbocycles. The highest BCUT2D eigenvalue weighted by Gasteiger charge is 1.97. The van der Waals surface area contributed by atoms with Crippen molar-refractivity contribution in [1.29, 1.82) is 10.8 Å². The molecule has 0 amide bonds. The molecule has 14 heavy (non-hydrogen) atoms. The molecule has 0 aliphatic heterocycles. The van der Waals surface area contributed by atoms with E-state index in [1.54, 1.807) is 11.3 Å². The van der Waals surface area contributed by atoms with Crippen LogP contribution in [-0.2, 0) is 6.54 Å². The average Bonchev–Trinajstić information content (AvgIpc) is 2.51. The number of hydrogen-bond acceptors (Lipinski definition) is 3. The topological polar surface area (TPSA) is 97.8 Å². The van der Waals surface area contributed by atoms with Gasteiger partial charge in [-0.3, -0.25) is 16.1 Å². The minimum absolute atomic E-state index is 0. The molecule has 0 fully saturated rings. The van der Waals surface area contributed by atoms with Gasteiger partial charge in [-0.15, -0.1) is 23.7 Å². The summed E-state index contributed by atoms with van der Waals surface area (Å²) in [4.78, 5) is 1.13. The van der Waals surface area contributed by atoms with Crippen LogP contribution in [0.3, 0.4) is 0 Å². The van der Waals surface area contributed by atoms with Gasteiger partial charge in [0.2, 0.25) is 0 Å². The number of nitrogens with one attached hydrogen (secondary N) is 4. The minimum Gasteiger partial charge on any atom is -0.370 e. The van der Waals surface area contributed by atoms with Crippen molar-refractivity contribution >= 4 is 35.7 Å². The van der Waals surface area contributed by atoms with E-state index in [0.717, 1.165) is 4.88 Å². The van der Waals surface area contributed by atoms with E-state index in [1.807, 2.05) is 17.5 Å². The molecular formula is C7H12ClN5S. The molecule has 1 rings (SSSR count). The van der Waals surface area contributed by atoms with E-state index < -0.39 is 0 Å². The van der Waals surface area contributed by atoms with Gasteiger partial charge in [0, 0.05) is 4.88 Å². The maximum Gasteiger partial charge on any atom is 0.195 e. The highest BCUT2D eigenvalue weighted by atomic mass is 35.5. The van der Waals surface area contributed by atoms with E-state index in [0.29, 0.717) is 6.54 Å². The zero-order valence-electron chi connectivity index (χ0n) is 7.33. The molecule has 1 heterocycles. The molecule has 0 spiro atoms. The second kappa shape index (κ2) is 6.22. The zero-order chi connectivity index (χ0) is 9.68. The van der Waals surface area contributed by atoms with Gasteiger partial charge in [-0.25, -0.2) is 0 Å². The summed E-state index contributed by atoms with van der Waals surface area (Å²) >= 11 is 1.61. The Morgan fingerprint density at radius 1 is 1.50 bits per heavy atom. The number of thiophene rings is 1. The van der Waals surface area contributed by atoms with Gasteiger partial charge in [0.05, 0.1) is 6.54 Å². The molecule has 1 aromatic rings. The largest absolute Gasteiger partial charge is 0.370 e. The minimum atomic E-state index is -0.233. The van der Waals surface area contributed by atoms with Crippen LogP contribution in [-0.4, -0.2) is 11.9 Å². The lowest BCUT2D eigenvalue weighted by Gasteiger charge is -2.06. The summed E-state index contributed by atoms with van der Waals surface area (Å²) in [6.45, 7) is 0.580. The van der Waals surface area contributed by atoms with Gasteiger partial charge in [0.15, 0.2) is 11.9 Å². The molecule has 6 N–H and O–H groups in total. The van der Waals surface area contributed by atoms with Gasteiger partial charge in [0.1, 0.15) is 0 Å². The summed E-state index contributed by atoms with van der Waals surface area (Å²) in [5.41, 5.74) is 5.04. The standard InChI is InChI=1S/C7H11N5S.ClH/c8-6(9)12-7(10)11-4-5-2-1-3-13-5;/h1-3H,4H2,(H6,8,9,10,11,12);1H. The second-order valence-electron chi connectivity index (χ2n) is 2.35. The van der Waals surface area contributed by atoms with Crippen LogP contribution in [0.15, 0.2) is 17.5 Å². The van der Waals surface area contributed by atoms with Crippen LogP contribution in [0.4, 0.5) is 0 Å². The first kappa shape index (κ1) is 12.7. The van der Waals surface area contributed by atoms with Crippen molar-refractivity contribution in [2.45, 2.75) is 6.54 Å². The molecule has 0 aromatic carbocycles. The molecule has 0 saturated carbocycles. The summed E-state index contributed by atoms with van der Waals surface area (Å²) in [7, 11) is 0. The van der Waals surface area contributed by atoms with E-state index in [4.69, 9.17) is 16.6 Å². The molecule has 1 aromatic heterocycles. The molecule has 0 unspecified atom stereocenters. The SMILES string of the molecule is Cl.N=C(N)NC(=N)NCc1cccs1. The Morgan fingerprint density at radius 3 is 2.71 bits per heavy atom. The molecule has 78 valence electrons. The fraction of sp³-hybridized carbons (Fsp3) is 0.143. The van der Waals surface area contributed by atoms with Crippen molar-refractivity contribution in [3.8, 4) is 0 Å². The summed E-state index contributed by atoms with van der Waals surface area (Å²) in [5, 5.41) is 21.2. The lowest BCUT2D eigenvalue weighted by atomic mass is 10.5. The number of halogens is 1. The average molecular weight is 234 g/mol. The van der Waals surface area contributed by atoms with E-state index in [-0.39, 0.29) is 24.3 Å². The molecule has 0 bridgehead atoms. The van der Waals surface area contributed by atoms with Crippen LogP contribution in [0, 0.1) is 10.8 Å². The molecular weight excluding hydrogens is 222 g/mol. The normalized spacial score (nSPS) is 8.57. The van der Waals surface area contributed by atoms with Crippen LogP contribution in [0.5, 0.6) is 0 Å². The van der Waals surface area contributed by atoms with Crippen molar-refractivity contribution in [3.05, 3.63) is 22.4 Å². The van der Waals surface area contributed by atoms with Crippen molar-refractivity contribution in [3.63, 3.8) is 0 Å². The van der Waals surface area contributed by atoms with Crippen LogP contribution in [0.2, 0.25) is 0 Å². The number of guanidine groups is 2. The summed E-state index contributed by atoms with van der Waals surface area (Å²) in [6.07, 6.45) is 0. The first-order valence-electron chi connectivity index (χ1n) is 3.64. The van der Waals surface area contributed by atoms with Gasteiger partial charge in [-0.1, -0.05) is 6.07 Å². The molecule has 0 radical (unpaired) electrons. The third kappa shape index (κ3) is 4.68. The third-order valence-corrected chi connectivity index (χ3v) is 2.16. The molecule has 5 nitrogen and oxygen atoms in total. The van der Waals surface area contributed by atoms with Crippen LogP contribution >= 0.6 is 23.7 Å². The van der Waals surface area contributed by atoms with Crippen molar-refractivity contribution in [2.24, 2.45) is 5.73 Å². The van der Waals surface area contributed by atoms with Crippen molar-refractivity contribution in [2.75, 3.05) is 0 Å². The van der Waals surface area contributed by atoms with Crippen molar-refractivity contribution < 1.29 is 0 Å². The Hall–Kier alpha value is -1.27. The first-order chi connectivity index (χ1) is 6.18. The van der Waals surface area contributed by atoms with Gasteiger partial charge < -0.3 is 11.1 Å². The number of nitrogens with two attached hydrogens (primary N) is 1. The molecule has 7 heteroatoms. The predicted molar refractivity (Wildman–Crippen MR) is 61.2 cm³/mol. The second-order valence-corrected chi connectivity index (χ2v) is 3.38. The monoisotopic (exact) mass is 233 g/mol. The lowest BCUT2D eigenvalue weighted by Crippen LogP contribution is -2.42. The molecule has 0 atom stereocenters. The predicted octanol–water partition coefficient (Wildman–Crippen LogP) is 0.677. The lowest BCUT2D eigenvalue weighted by molar-refractivity contribution is 0.892.